The van der Waals surface area contributed by atoms with Gasteiger partial charge in [-0.2, -0.15) is 0 Å². The normalized spacial score (nSPS) is 12.3. The van der Waals surface area contributed by atoms with Crippen molar-refractivity contribution in [3.8, 4) is 0 Å². The number of carbonyl (C=O) groups excluding carboxylic acids is 3. The van der Waals surface area contributed by atoms with Crippen LogP contribution in [-0.2, 0) is 28.6 Å². The Balaban J connectivity index is 4.38. The third-order valence-corrected chi connectivity index (χ3v) is 10.1. The maximum Gasteiger partial charge on any atom is 0.306 e. The molecule has 6 heteroatoms. The zero-order valence-electron chi connectivity index (χ0n) is 36.4. The van der Waals surface area contributed by atoms with E-state index in [1.165, 1.54) is 109 Å². The standard InChI is InChI=1S/C49H88O6/c1-4-7-10-13-16-19-22-23-24-25-26-28-30-33-36-39-42-48(51)54-45-46(44-53-47(50)41-38-35-32-29-21-18-15-12-9-6-3)55-49(52)43-40-37-34-31-27-20-17-14-11-8-5-2/h15,18,24-26,28,46H,4-14,16-17,19-23,27,29-45H2,1-3H3/b18-15-,25-24-,28-26-. The van der Waals surface area contributed by atoms with Crippen LogP contribution < -0.4 is 0 Å². The molecular formula is C49H88O6. The van der Waals surface area contributed by atoms with Crippen molar-refractivity contribution in [2.75, 3.05) is 13.2 Å². The lowest BCUT2D eigenvalue weighted by atomic mass is 10.1. The summed E-state index contributed by atoms with van der Waals surface area (Å²) in [5, 5.41) is 0. The number of allylic oxidation sites excluding steroid dienone is 6. The number of ether oxygens (including phenoxy) is 3. The molecule has 0 rings (SSSR count). The fraction of sp³-hybridized carbons (Fsp3) is 0.816. The highest BCUT2D eigenvalue weighted by Gasteiger charge is 2.19. The van der Waals surface area contributed by atoms with Crippen LogP contribution in [0.25, 0.3) is 0 Å². The van der Waals surface area contributed by atoms with Crippen molar-refractivity contribution in [2.45, 2.75) is 245 Å². The topological polar surface area (TPSA) is 78.9 Å². The molecule has 0 spiro atoms. The quantitative estimate of drug-likeness (QED) is 0.0202. The monoisotopic (exact) mass is 773 g/mol. The van der Waals surface area contributed by atoms with Crippen LogP contribution in [0.15, 0.2) is 36.5 Å². The van der Waals surface area contributed by atoms with Crippen molar-refractivity contribution in [2.24, 2.45) is 0 Å². The second-order valence-corrected chi connectivity index (χ2v) is 15.7. The first kappa shape index (κ1) is 52.6. The predicted molar refractivity (Wildman–Crippen MR) is 233 cm³/mol. The molecular weight excluding hydrogens is 685 g/mol. The lowest BCUT2D eigenvalue weighted by Crippen LogP contribution is -2.30. The summed E-state index contributed by atoms with van der Waals surface area (Å²) < 4.78 is 16.7. The smallest absolute Gasteiger partial charge is 0.306 e. The van der Waals surface area contributed by atoms with Gasteiger partial charge < -0.3 is 14.2 Å². The summed E-state index contributed by atoms with van der Waals surface area (Å²) in [6.07, 6.45) is 49.8. The van der Waals surface area contributed by atoms with Crippen LogP contribution in [0, 0.1) is 0 Å². The molecule has 0 heterocycles. The summed E-state index contributed by atoms with van der Waals surface area (Å²) in [5.41, 5.74) is 0. The molecule has 0 fully saturated rings. The Labute approximate surface area is 340 Å². The van der Waals surface area contributed by atoms with Crippen LogP contribution in [0.2, 0.25) is 0 Å². The van der Waals surface area contributed by atoms with E-state index in [-0.39, 0.29) is 31.1 Å². The van der Waals surface area contributed by atoms with Gasteiger partial charge in [0, 0.05) is 19.3 Å². The molecule has 1 atom stereocenters. The van der Waals surface area contributed by atoms with Crippen molar-refractivity contribution in [1.82, 2.24) is 0 Å². The summed E-state index contributed by atoms with van der Waals surface area (Å²) >= 11 is 0. The van der Waals surface area contributed by atoms with E-state index in [1.54, 1.807) is 0 Å². The van der Waals surface area contributed by atoms with Gasteiger partial charge in [-0.1, -0.05) is 192 Å². The molecule has 0 amide bonds. The minimum atomic E-state index is -0.781. The third kappa shape index (κ3) is 42.6. The fourth-order valence-corrected chi connectivity index (χ4v) is 6.53. The highest BCUT2D eigenvalue weighted by atomic mass is 16.6. The van der Waals surface area contributed by atoms with E-state index in [0.29, 0.717) is 19.3 Å². The van der Waals surface area contributed by atoms with E-state index < -0.39 is 6.10 Å². The lowest BCUT2D eigenvalue weighted by Gasteiger charge is -2.18. The molecule has 0 saturated heterocycles. The van der Waals surface area contributed by atoms with Gasteiger partial charge >= 0.3 is 17.9 Å². The second kappa shape index (κ2) is 44.3. The van der Waals surface area contributed by atoms with E-state index in [0.717, 1.165) is 89.9 Å². The van der Waals surface area contributed by atoms with Gasteiger partial charge in [-0.05, 0) is 64.2 Å². The van der Waals surface area contributed by atoms with E-state index in [1.807, 2.05) is 0 Å². The highest BCUT2D eigenvalue weighted by Crippen LogP contribution is 2.14. The molecule has 0 N–H and O–H groups in total. The number of unbranched alkanes of at least 4 members (excludes halogenated alkanes) is 26. The molecule has 1 unspecified atom stereocenters. The van der Waals surface area contributed by atoms with E-state index in [4.69, 9.17) is 14.2 Å². The number of esters is 3. The van der Waals surface area contributed by atoms with Gasteiger partial charge in [0.05, 0.1) is 0 Å². The summed E-state index contributed by atoms with van der Waals surface area (Å²) in [4.78, 5) is 37.7. The minimum absolute atomic E-state index is 0.0848. The Hall–Kier alpha value is -2.37. The maximum atomic E-state index is 12.7. The Morgan fingerprint density at radius 3 is 1.09 bits per heavy atom. The molecule has 0 radical (unpaired) electrons. The average Bonchev–Trinajstić information content (AvgIpc) is 3.18. The van der Waals surface area contributed by atoms with E-state index >= 15 is 0 Å². The average molecular weight is 773 g/mol. The van der Waals surface area contributed by atoms with Gasteiger partial charge in [0.15, 0.2) is 6.10 Å². The Bertz CT molecular complexity index is 938. The molecule has 0 aliphatic rings. The van der Waals surface area contributed by atoms with Crippen LogP contribution in [-0.4, -0.2) is 37.2 Å². The molecule has 6 nitrogen and oxygen atoms in total. The van der Waals surface area contributed by atoms with E-state index in [9.17, 15) is 14.4 Å². The zero-order valence-corrected chi connectivity index (χ0v) is 36.4. The maximum absolute atomic E-state index is 12.7. The molecule has 0 aromatic rings. The van der Waals surface area contributed by atoms with Crippen LogP contribution in [0.4, 0.5) is 0 Å². The van der Waals surface area contributed by atoms with Crippen molar-refractivity contribution in [3.05, 3.63) is 36.5 Å². The van der Waals surface area contributed by atoms with Gasteiger partial charge in [-0.3, -0.25) is 14.4 Å². The number of carbonyl (C=O) groups is 3. The summed E-state index contributed by atoms with van der Waals surface area (Å²) in [6.45, 7) is 6.55. The van der Waals surface area contributed by atoms with Gasteiger partial charge in [-0.25, -0.2) is 0 Å². The zero-order chi connectivity index (χ0) is 40.1. The summed E-state index contributed by atoms with van der Waals surface area (Å²) in [6, 6.07) is 0. The molecule has 0 aliphatic heterocycles. The van der Waals surface area contributed by atoms with E-state index in [2.05, 4.69) is 57.2 Å². The number of rotatable bonds is 42. The fourth-order valence-electron chi connectivity index (χ4n) is 6.53. The molecule has 0 saturated carbocycles. The molecule has 0 aromatic carbocycles. The van der Waals surface area contributed by atoms with Crippen molar-refractivity contribution < 1.29 is 28.6 Å². The SMILES string of the molecule is CCCC/C=C\CCCCCCC(=O)OCC(COC(=O)CCCCC/C=C\C=C/CCCCCCCCC)OC(=O)CCCCCCCCCCCCC. The van der Waals surface area contributed by atoms with Crippen LogP contribution >= 0.6 is 0 Å². The van der Waals surface area contributed by atoms with Gasteiger partial charge in [-0.15, -0.1) is 0 Å². The van der Waals surface area contributed by atoms with Crippen LogP contribution in [0.1, 0.15) is 239 Å². The highest BCUT2D eigenvalue weighted by molar-refractivity contribution is 5.71. The third-order valence-electron chi connectivity index (χ3n) is 10.1. The first-order valence-electron chi connectivity index (χ1n) is 23.5. The Morgan fingerprint density at radius 1 is 0.364 bits per heavy atom. The molecule has 0 aromatic heterocycles. The molecule has 320 valence electrons. The molecule has 0 aliphatic carbocycles. The van der Waals surface area contributed by atoms with Gasteiger partial charge in [0.2, 0.25) is 0 Å². The lowest BCUT2D eigenvalue weighted by molar-refractivity contribution is -0.167. The molecule has 55 heavy (non-hydrogen) atoms. The largest absolute Gasteiger partial charge is 0.462 e. The van der Waals surface area contributed by atoms with Crippen molar-refractivity contribution in [3.63, 3.8) is 0 Å². The van der Waals surface area contributed by atoms with Gasteiger partial charge in [0.25, 0.3) is 0 Å². The van der Waals surface area contributed by atoms with Crippen molar-refractivity contribution in [1.29, 1.82) is 0 Å². The summed E-state index contributed by atoms with van der Waals surface area (Å²) in [5.74, 6) is -0.922. The number of hydrogen-bond donors (Lipinski definition) is 0. The first-order valence-corrected chi connectivity index (χ1v) is 23.5. The predicted octanol–water partition coefficient (Wildman–Crippen LogP) is 15.0. The minimum Gasteiger partial charge on any atom is -0.462 e. The number of hydrogen-bond acceptors (Lipinski definition) is 6. The first-order chi connectivity index (χ1) is 27.0. The van der Waals surface area contributed by atoms with Gasteiger partial charge in [0.1, 0.15) is 13.2 Å². The van der Waals surface area contributed by atoms with Crippen molar-refractivity contribution >= 4 is 17.9 Å². The second-order valence-electron chi connectivity index (χ2n) is 15.7. The van der Waals surface area contributed by atoms with Crippen LogP contribution in [0.3, 0.4) is 0 Å². The molecule has 0 bridgehead atoms. The Morgan fingerprint density at radius 2 is 0.673 bits per heavy atom. The Kier molecular flexibility index (Phi) is 42.4. The summed E-state index contributed by atoms with van der Waals surface area (Å²) in [7, 11) is 0. The van der Waals surface area contributed by atoms with Crippen LogP contribution in [0.5, 0.6) is 0 Å².